The summed E-state index contributed by atoms with van der Waals surface area (Å²) in [5.41, 5.74) is 0.837. The highest BCUT2D eigenvalue weighted by Gasteiger charge is 2.20. The van der Waals surface area contributed by atoms with Gasteiger partial charge in [-0.2, -0.15) is 8.78 Å². The topological polar surface area (TPSA) is 34.1 Å². The van der Waals surface area contributed by atoms with Crippen molar-refractivity contribution in [3.05, 3.63) is 24.0 Å². The number of ether oxygens (including phenoxy) is 1. The molecule has 82 valence electrons. The molecular weight excluding hydrogens is 202 g/mol. The normalized spacial score (nSPS) is 15.7. The SMILES string of the molecule is FC(F)Oc1ccc(CNC2CC2)nc1. The molecule has 1 aliphatic rings. The van der Waals surface area contributed by atoms with Gasteiger partial charge in [0, 0.05) is 12.6 Å². The van der Waals surface area contributed by atoms with Crippen molar-refractivity contribution in [2.75, 3.05) is 0 Å². The van der Waals surface area contributed by atoms with Crippen LogP contribution in [0.5, 0.6) is 5.75 Å². The van der Waals surface area contributed by atoms with Crippen molar-refractivity contribution in [1.29, 1.82) is 0 Å². The average molecular weight is 214 g/mol. The van der Waals surface area contributed by atoms with Crippen LogP contribution in [0.25, 0.3) is 0 Å². The standard InChI is InChI=1S/C10H12F2N2O/c11-10(12)15-9-4-3-8(14-6-9)5-13-7-1-2-7/h3-4,6-7,10,13H,1-2,5H2. The van der Waals surface area contributed by atoms with Crippen molar-refractivity contribution < 1.29 is 13.5 Å². The number of pyridine rings is 1. The van der Waals surface area contributed by atoms with Gasteiger partial charge in [0.15, 0.2) is 0 Å². The molecule has 1 aliphatic carbocycles. The average Bonchev–Trinajstić information content (AvgIpc) is 2.99. The number of nitrogens with one attached hydrogen (secondary N) is 1. The second-order valence-electron chi connectivity index (χ2n) is 3.52. The Morgan fingerprint density at radius 1 is 1.47 bits per heavy atom. The molecule has 0 aliphatic heterocycles. The summed E-state index contributed by atoms with van der Waals surface area (Å²) in [6.45, 7) is -2.11. The second-order valence-corrected chi connectivity index (χ2v) is 3.52. The maximum atomic E-state index is 11.8. The highest BCUT2D eigenvalue weighted by Crippen LogP contribution is 2.19. The Hall–Kier alpha value is -1.23. The first-order valence-corrected chi connectivity index (χ1v) is 4.87. The van der Waals surface area contributed by atoms with Gasteiger partial charge in [0.05, 0.1) is 11.9 Å². The van der Waals surface area contributed by atoms with E-state index in [0.717, 1.165) is 5.69 Å². The lowest BCUT2D eigenvalue weighted by atomic mass is 10.3. The lowest BCUT2D eigenvalue weighted by molar-refractivity contribution is -0.0500. The Morgan fingerprint density at radius 2 is 2.27 bits per heavy atom. The fourth-order valence-corrected chi connectivity index (χ4v) is 1.22. The van der Waals surface area contributed by atoms with E-state index in [0.29, 0.717) is 12.6 Å². The lowest BCUT2D eigenvalue weighted by Crippen LogP contribution is -2.16. The molecule has 0 saturated heterocycles. The minimum atomic E-state index is -2.79. The molecule has 1 aromatic rings. The van der Waals surface area contributed by atoms with Gasteiger partial charge in [-0.25, -0.2) is 0 Å². The van der Waals surface area contributed by atoms with Crippen molar-refractivity contribution in [3.8, 4) is 5.75 Å². The van der Waals surface area contributed by atoms with Gasteiger partial charge in [-0.05, 0) is 25.0 Å². The molecule has 0 aromatic carbocycles. The van der Waals surface area contributed by atoms with Crippen LogP contribution in [0.3, 0.4) is 0 Å². The highest BCUT2D eigenvalue weighted by molar-refractivity contribution is 5.19. The summed E-state index contributed by atoms with van der Waals surface area (Å²) in [6.07, 6.45) is 3.75. The summed E-state index contributed by atoms with van der Waals surface area (Å²) >= 11 is 0. The van der Waals surface area contributed by atoms with Gasteiger partial charge in [-0.3, -0.25) is 4.98 Å². The predicted molar refractivity (Wildman–Crippen MR) is 50.7 cm³/mol. The van der Waals surface area contributed by atoms with Crippen LogP contribution in [0.15, 0.2) is 18.3 Å². The van der Waals surface area contributed by atoms with Gasteiger partial charge < -0.3 is 10.1 Å². The molecule has 0 spiro atoms. The molecule has 1 heterocycles. The summed E-state index contributed by atoms with van der Waals surface area (Å²) in [5.74, 6) is 0.0974. The number of hydrogen-bond acceptors (Lipinski definition) is 3. The van der Waals surface area contributed by atoms with E-state index >= 15 is 0 Å². The van der Waals surface area contributed by atoms with Crippen LogP contribution in [-0.2, 0) is 6.54 Å². The molecule has 0 amide bonds. The first-order valence-electron chi connectivity index (χ1n) is 4.87. The first-order chi connectivity index (χ1) is 7.24. The van der Waals surface area contributed by atoms with Gasteiger partial charge in [0.1, 0.15) is 5.75 Å². The Balaban J connectivity index is 1.85. The predicted octanol–water partition coefficient (Wildman–Crippen LogP) is 1.93. The van der Waals surface area contributed by atoms with Gasteiger partial charge in [0.25, 0.3) is 0 Å². The number of halogens is 2. The summed E-state index contributed by atoms with van der Waals surface area (Å²) in [6, 6.07) is 3.81. The monoisotopic (exact) mass is 214 g/mol. The first kappa shape index (κ1) is 10.3. The molecule has 1 aromatic heterocycles. The van der Waals surface area contributed by atoms with E-state index in [2.05, 4.69) is 15.0 Å². The van der Waals surface area contributed by atoms with Crippen LogP contribution in [0.1, 0.15) is 18.5 Å². The Bertz CT molecular complexity index is 312. The van der Waals surface area contributed by atoms with E-state index < -0.39 is 6.61 Å². The molecule has 2 rings (SSSR count). The van der Waals surface area contributed by atoms with Crippen molar-refractivity contribution in [3.63, 3.8) is 0 Å². The van der Waals surface area contributed by atoms with E-state index in [9.17, 15) is 8.78 Å². The fraction of sp³-hybridized carbons (Fsp3) is 0.500. The van der Waals surface area contributed by atoms with Crippen molar-refractivity contribution in [2.24, 2.45) is 0 Å². The zero-order valence-electron chi connectivity index (χ0n) is 8.12. The van der Waals surface area contributed by atoms with E-state index in [4.69, 9.17) is 0 Å². The summed E-state index contributed by atoms with van der Waals surface area (Å²) < 4.78 is 27.8. The Labute approximate surface area is 86.5 Å². The minimum Gasteiger partial charge on any atom is -0.433 e. The lowest BCUT2D eigenvalue weighted by Gasteiger charge is -2.05. The molecule has 1 saturated carbocycles. The molecule has 0 bridgehead atoms. The third kappa shape index (κ3) is 3.43. The molecule has 3 nitrogen and oxygen atoms in total. The second kappa shape index (κ2) is 4.53. The Kier molecular flexibility index (Phi) is 3.11. The summed E-state index contributed by atoms with van der Waals surface area (Å²) in [7, 11) is 0. The van der Waals surface area contributed by atoms with E-state index in [1.165, 1.54) is 25.1 Å². The quantitative estimate of drug-likeness (QED) is 0.813. The zero-order chi connectivity index (χ0) is 10.7. The van der Waals surface area contributed by atoms with E-state index in [1.807, 2.05) is 0 Å². The molecular formula is C10H12F2N2O. The molecule has 1 fully saturated rings. The van der Waals surface area contributed by atoms with Crippen LogP contribution in [-0.4, -0.2) is 17.6 Å². The van der Waals surface area contributed by atoms with Gasteiger partial charge in [-0.1, -0.05) is 0 Å². The Morgan fingerprint density at radius 3 is 2.80 bits per heavy atom. The van der Waals surface area contributed by atoms with Crippen LogP contribution in [0.4, 0.5) is 8.78 Å². The van der Waals surface area contributed by atoms with E-state index in [1.54, 1.807) is 6.07 Å². The van der Waals surface area contributed by atoms with Crippen molar-refractivity contribution in [1.82, 2.24) is 10.3 Å². The molecule has 0 radical (unpaired) electrons. The van der Waals surface area contributed by atoms with Crippen molar-refractivity contribution in [2.45, 2.75) is 32.0 Å². The fourth-order valence-electron chi connectivity index (χ4n) is 1.22. The maximum absolute atomic E-state index is 11.8. The number of nitrogens with zero attached hydrogens (tertiary/aromatic N) is 1. The molecule has 0 atom stereocenters. The third-order valence-electron chi connectivity index (χ3n) is 2.17. The number of aromatic nitrogens is 1. The van der Waals surface area contributed by atoms with Crippen LogP contribution in [0.2, 0.25) is 0 Å². The van der Waals surface area contributed by atoms with Crippen molar-refractivity contribution >= 4 is 0 Å². The molecule has 5 heteroatoms. The third-order valence-corrected chi connectivity index (χ3v) is 2.17. The summed E-state index contributed by atoms with van der Waals surface area (Å²) in [4.78, 5) is 4.01. The van der Waals surface area contributed by atoms with Gasteiger partial charge in [0.2, 0.25) is 0 Å². The van der Waals surface area contributed by atoms with Crippen LogP contribution < -0.4 is 10.1 Å². The molecule has 1 N–H and O–H groups in total. The van der Waals surface area contributed by atoms with Crippen LogP contribution >= 0.6 is 0 Å². The largest absolute Gasteiger partial charge is 0.433 e. The van der Waals surface area contributed by atoms with Gasteiger partial charge in [-0.15, -0.1) is 0 Å². The van der Waals surface area contributed by atoms with E-state index in [-0.39, 0.29) is 5.75 Å². The highest BCUT2D eigenvalue weighted by atomic mass is 19.3. The minimum absolute atomic E-state index is 0.0974. The molecule has 0 unspecified atom stereocenters. The maximum Gasteiger partial charge on any atom is 0.387 e. The zero-order valence-corrected chi connectivity index (χ0v) is 8.12. The number of alkyl halides is 2. The van der Waals surface area contributed by atoms with Crippen LogP contribution in [0, 0.1) is 0 Å². The number of hydrogen-bond donors (Lipinski definition) is 1. The summed E-state index contributed by atoms with van der Waals surface area (Å²) in [5, 5.41) is 3.28. The number of rotatable bonds is 5. The van der Waals surface area contributed by atoms with Gasteiger partial charge >= 0.3 is 6.61 Å². The molecule has 15 heavy (non-hydrogen) atoms. The smallest absolute Gasteiger partial charge is 0.387 e.